The molecule has 0 saturated carbocycles. The van der Waals surface area contributed by atoms with Crippen molar-refractivity contribution in [1.82, 2.24) is 10.1 Å². The molecular weight excluding hydrogens is 261 g/mol. The van der Waals surface area contributed by atoms with Gasteiger partial charge in [0.1, 0.15) is 0 Å². The van der Waals surface area contributed by atoms with Crippen molar-refractivity contribution >= 4 is 0 Å². The highest BCUT2D eigenvalue weighted by Crippen LogP contribution is 2.23. The highest BCUT2D eigenvalue weighted by atomic mass is 19.1. The van der Waals surface area contributed by atoms with Crippen molar-refractivity contribution < 1.29 is 13.7 Å². The highest BCUT2D eigenvalue weighted by Gasteiger charge is 2.12. The molecule has 2 aromatic rings. The summed E-state index contributed by atoms with van der Waals surface area (Å²) in [6.45, 7) is 2.52. The summed E-state index contributed by atoms with van der Waals surface area (Å²) < 4.78 is 24.3. The third kappa shape index (κ3) is 3.54. The van der Waals surface area contributed by atoms with E-state index in [4.69, 9.17) is 15.0 Å². The molecule has 0 aliphatic heterocycles. The van der Waals surface area contributed by atoms with Crippen molar-refractivity contribution in [1.29, 1.82) is 0 Å². The van der Waals surface area contributed by atoms with E-state index in [2.05, 4.69) is 10.1 Å². The second kappa shape index (κ2) is 7.00. The fraction of sp³-hybridized carbons (Fsp3) is 0.429. The molecule has 0 atom stereocenters. The van der Waals surface area contributed by atoms with Crippen LogP contribution in [0.15, 0.2) is 22.7 Å². The number of nitrogens with two attached hydrogens (primary N) is 1. The van der Waals surface area contributed by atoms with Gasteiger partial charge < -0.3 is 15.0 Å². The Morgan fingerprint density at radius 1 is 1.35 bits per heavy atom. The Labute approximate surface area is 116 Å². The van der Waals surface area contributed by atoms with Crippen LogP contribution in [0.1, 0.15) is 30.6 Å². The van der Waals surface area contributed by atoms with Crippen molar-refractivity contribution in [2.45, 2.75) is 32.8 Å². The van der Waals surface area contributed by atoms with Gasteiger partial charge >= 0.3 is 0 Å². The molecule has 5 nitrogen and oxygen atoms in total. The number of aryl methyl sites for hydroxylation is 1. The minimum absolute atomic E-state index is 0.0508. The van der Waals surface area contributed by atoms with Gasteiger partial charge in [0.2, 0.25) is 0 Å². The molecule has 108 valence electrons. The lowest BCUT2D eigenvalue weighted by Gasteiger charge is -2.10. The molecule has 0 bridgehead atoms. The van der Waals surface area contributed by atoms with Crippen LogP contribution < -0.4 is 10.5 Å². The predicted molar refractivity (Wildman–Crippen MR) is 71.8 cm³/mol. The van der Waals surface area contributed by atoms with Crippen LogP contribution in [0.2, 0.25) is 0 Å². The topological polar surface area (TPSA) is 74.2 Å². The number of hydrogen-bond acceptors (Lipinski definition) is 5. The third-order valence-corrected chi connectivity index (χ3v) is 2.79. The van der Waals surface area contributed by atoms with Crippen LogP contribution >= 0.6 is 0 Å². The first-order chi connectivity index (χ1) is 9.74. The van der Waals surface area contributed by atoms with Crippen LogP contribution in [0.25, 0.3) is 0 Å². The largest absolute Gasteiger partial charge is 0.480 e. The van der Waals surface area contributed by atoms with Gasteiger partial charge in [-0.15, -0.1) is 0 Å². The van der Waals surface area contributed by atoms with Gasteiger partial charge in [0.05, 0.1) is 0 Å². The van der Waals surface area contributed by atoms with E-state index in [-0.39, 0.29) is 12.4 Å². The molecular formula is C14H18FN3O2. The molecule has 0 unspecified atom stereocenters. The average molecular weight is 279 g/mol. The lowest BCUT2D eigenvalue weighted by molar-refractivity contribution is 0.232. The second-order valence-corrected chi connectivity index (χ2v) is 4.41. The molecule has 1 aromatic heterocycles. The Bertz CT molecular complexity index is 557. The first-order valence-electron chi connectivity index (χ1n) is 6.66. The maximum atomic E-state index is 13.8. The van der Waals surface area contributed by atoms with Gasteiger partial charge in [-0.2, -0.15) is 4.98 Å². The van der Waals surface area contributed by atoms with Crippen LogP contribution in [0.4, 0.5) is 4.39 Å². The SMILES string of the molecule is CCCc1noc(COc2c(F)cccc2CCN)n1. The van der Waals surface area contributed by atoms with Gasteiger partial charge in [-0.05, 0) is 31.0 Å². The van der Waals surface area contributed by atoms with Crippen LogP contribution in [-0.4, -0.2) is 16.7 Å². The number of hydrogen-bond donors (Lipinski definition) is 1. The van der Waals surface area contributed by atoms with Crippen LogP contribution in [-0.2, 0) is 19.4 Å². The number of ether oxygens (including phenoxy) is 1. The highest BCUT2D eigenvalue weighted by molar-refractivity contribution is 5.35. The smallest absolute Gasteiger partial charge is 0.264 e. The first-order valence-corrected chi connectivity index (χ1v) is 6.66. The number of aromatic nitrogens is 2. The minimum Gasteiger partial charge on any atom is -0.480 e. The Balaban J connectivity index is 2.05. The molecule has 2 rings (SSSR count). The Hall–Kier alpha value is -1.95. The molecule has 0 aliphatic rings. The number of nitrogens with zero attached hydrogens (tertiary/aromatic N) is 2. The molecule has 0 saturated heterocycles. The quantitative estimate of drug-likeness (QED) is 0.841. The zero-order valence-electron chi connectivity index (χ0n) is 11.4. The summed E-state index contributed by atoms with van der Waals surface area (Å²) >= 11 is 0. The molecule has 0 aliphatic carbocycles. The summed E-state index contributed by atoms with van der Waals surface area (Å²) in [6, 6.07) is 4.78. The summed E-state index contributed by atoms with van der Waals surface area (Å²) in [4.78, 5) is 4.17. The molecule has 6 heteroatoms. The summed E-state index contributed by atoms with van der Waals surface area (Å²) in [6.07, 6.45) is 2.24. The van der Waals surface area contributed by atoms with Crippen molar-refractivity contribution in [2.75, 3.05) is 6.54 Å². The van der Waals surface area contributed by atoms with Crippen molar-refractivity contribution in [3.05, 3.63) is 41.3 Å². The van der Waals surface area contributed by atoms with Crippen LogP contribution in [0.5, 0.6) is 5.75 Å². The van der Waals surface area contributed by atoms with E-state index in [1.54, 1.807) is 12.1 Å². The number of halogens is 1. The third-order valence-electron chi connectivity index (χ3n) is 2.79. The van der Waals surface area contributed by atoms with E-state index in [9.17, 15) is 4.39 Å². The average Bonchev–Trinajstić information content (AvgIpc) is 2.87. The lowest BCUT2D eigenvalue weighted by Crippen LogP contribution is -2.07. The molecule has 0 radical (unpaired) electrons. The van der Waals surface area contributed by atoms with Crippen LogP contribution in [0, 0.1) is 5.82 Å². The minimum atomic E-state index is -0.413. The maximum absolute atomic E-state index is 13.8. The fourth-order valence-electron chi connectivity index (χ4n) is 1.88. The van der Waals surface area contributed by atoms with Gasteiger partial charge in [0.25, 0.3) is 5.89 Å². The van der Waals surface area contributed by atoms with Gasteiger partial charge in [-0.1, -0.05) is 24.2 Å². The van der Waals surface area contributed by atoms with E-state index in [0.29, 0.717) is 24.7 Å². The van der Waals surface area contributed by atoms with Gasteiger partial charge in [-0.25, -0.2) is 4.39 Å². The van der Waals surface area contributed by atoms with E-state index >= 15 is 0 Å². The molecule has 1 heterocycles. The molecule has 0 spiro atoms. The van der Waals surface area contributed by atoms with E-state index in [0.717, 1.165) is 18.4 Å². The zero-order chi connectivity index (χ0) is 14.4. The first kappa shape index (κ1) is 14.5. The summed E-state index contributed by atoms with van der Waals surface area (Å²) in [7, 11) is 0. The Morgan fingerprint density at radius 2 is 2.20 bits per heavy atom. The lowest BCUT2D eigenvalue weighted by atomic mass is 10.1. The molecule has 0 fully saturated rings. The van der Waals surface area contributed by atoms with Gasteiger partial charge in [-0.3, -0.25) is 0 Å². The van der Waals surface area contributed by atoms with E-state index in [1.165, 1.54) is 6.07 Å². The van der Waals surface area contributed by atoms with Gasteiger partial charge in [0, 0.05) is 6.42 Å². The standard InChI is InChI=1S/C14H18FN3O2/c1-2-4-12-17-13(20-18-12)9-19-14-10(7-8-16)5-3-6-11(14)15/h3,5-6H,2,4,7-9,16H2,1H3. The summed E-state index contributed by atoms with van der Waals surface area (Å²) in [5.74, 6) is 0.773. The van der Waals surface area contributed by atoms with Crippen LogP contribution in [0.3, 0.4) is 0 Å². The Morgan fingerprint density at radius 3 is 2.95 bits per heavy atom. The normalized spacial score (nSPS) is 10.8. The summed E-state index contributed by atoms with van der Waals surface area (Å²) in [5.41, 5.74) is 6.24. The second-order valence-electron chi connectivity index (χ2n) is 4.41. The molecule has 1 aromatic carbocycles. The number of rotatable bonds is 7. The zero-order valence-corrected chi connectivity index (χ0v) is 11.4. The fourth-order valence-corrected chi connectivity index (χ4v) is 1.88. The van der Waals surface area contributed by atoms with E-state index in [1.807, 2.05) is 6.92 Å². The molecule has 2 N–H and O–H groups in total. The van der Waals surface area contributed by atoms with Crippen molar-refractivity contribution in [2.24, 2.45) is 5.73 Å². The van der Waals surface area contributed by atoms with E-state index < -0.39 is 5.82 Å². The van der Waals surface area contributed by atoms with Crippen molar-refractivity contribution in [3.63, 3.8) is 0 Å². The summed E-state index contributed by atoms with van der Waals surface area (Å²) in [5, 5.41) is 3.82. The number of para-hydroxylation sites is 1. The monoisotopic (exact) mass is 279 g/mol. The van der Waals surface area contributed by atoms with Crippen molar-refractivity contribution in [3.8, 4) is 5.75 Å². The number of benzene rings is 1. The van der Waals surface area contributed by atoms with Gasteiger partial charge in [0.15, 0.2) is 24.0 Å². The molecule has 0 amide bonds. The maximum Gasteiger partial charge on any atom is 0.264 e. The Kier molecular flexibility index (Phi) is 5.06. The predicted octanol–water partition coefficient (Wildman–Crippen LogP) is 2.24. The molecule has 20 heavy (non-hydrogen) atoms.